The molecule has 1 N–H and O–H groups in total. The fourth-order valence-electron chi connectivity index (χ4n) is 2.19. The Hall–Kier alpha value is -2.72. The summed E-state index contributed by atoms with van der Waals surface area (Å²) >= 11 is 2.48. The molecule has 27 heavy (non-hydrogen) atoms. The maximum Gasteiger partial charge on any atom is 0.341 e. The number of ether oxygens (including phenoxy) is 1. The minimum absolute atomic E-state index is 0.104. The molecule has 1 aromatic carbocycles. The van der Waals surface area contributed by atoms with Crippen LogP contribution in [0, 0.1) is 6.92 Å². The van der Waals surface area contributed by atoms with Crippen LogP contribution in [0.2, 0.25) is 0 Å². The molecule has 10 heteroatoms. The average molecular weight is 403 g/mol. The Morgan fingerprint density at radius 2 is 2.04 bits per heavy atom. The van der Waals surface area contributed by atoms with Gasteiger partial charge in [0, 0.05) is 0 Å². The van der Waals surface area contributed by atoms with Gasteiger partial charge in [-0.2, -0.15) is 4.68 Å². The van der Waals surface area contributed by atoms with E-state index in [4.69, 9.17) is 4.74 Å². The van der Waals surface area contributed by atoms with Gasteiger partial charge in [0.15, 0.2) is 0 Å². The lowest BCUT2D eigenvalue weighted by Crippen LogP contribution is -2.16. The number of benzene rings is 1. The number of nitrogens with zero attached hydrogens (tertiary/aromatic N) is 4. The fraction of sp³-hybridized carbons (Fsp3) is 0.235. The van der Waals surface area contributed by atoms with Crippen LogP contribution in [0.15, 0.2) is 40.9 Å². The standard InChI is InChI=1S/C17H17N5O3S2/c1-3-25-16(24)13-8-9-26-15(13)18-14(23)10-27-17-19-20-21-22(17)12-6-4-11(2)5-7-12/h4-9H,3,10H2,1-2H3,(H,18,23). The molecule has 0 saturated carbocycles. The van der Waals surface area contributed by atoms with Crippen LogP contribution in [0.25, 0.3) is 5.69 Å². The molecule has 0 unspecified atom stereocenters. The van der Waals surface area contributed by atoms with Crippen molar-refractivity contribution in [3.05, 3.63) is 46.8 Å². The molecule has 1 amide bonds. The molecule has 3 aromatic rings. The zero-order chi connectivity index (χ0) is 19.2. The monoisotopic (exact) mass is 403 g/mol. The SMILES string of the molecule is CCOC(=O)c1ccsc1NC(=O)CSc1nnnn1-c1ccc(C)cc1. The van der Waals surface area contributed by atoms with Crippen molar-refractivity contribution in [3.63, 3.8) is 0 Å². The van der Waals surface area contributed by atoms with Crippen LogP contribution in [0.4, 0.5) is 5.00 Å². The minimum Gasteiger partial charge on any atom is -0.462 e. The van der Waals surface area contributed by atoms with E-state index in [2.05, 4.69) is 20.8 Å². The highest BCUT2D eigenvalue weighted by molar-refractivity contribution is 7.99. The number of hydrogen-bond acceptors (Lipinski definition) is 8. The van der Waals surface area contributed by atoms with E-state index in [0.717, 1.165) is 11.3 Å². The number of thioether (sulfide) groups is 1. The number of tetrazole rings is 1. The van der Waals surface area contributed by atoms with Gasteiger partial charge in [-0.1, -0.05) is 29.5 Å². The lowest BCUT2D eigenvalue weighted by atomic mass is 10.2. The molecule has 0 aliphatic rings. The highest BCUT2D eigenvalue weighted by Gasteiger charge is 2.17. The second-order valence-corrected chi connectivity index (χ2v) is 7.29. The van der Waals surface area contributed by atoms with Crippen molar-refractivity contribution >= 4 is 40.0 Å². The van der Waals surface area contributed by atoms with Gasteiger partial charge in [-0.25, -0.2) is 4.79 Å². The van der Waals surface area contributed by atoms with E-state index < -0.39 is 5.97 Å². The molecular weight excluding hydrogens is 386 g/mol. The average Bonchev–Trinajstić information content (AvgIpc) is 3.30. The molecule has 0 fully saturated rings. The normalized spacial score (nSPS) is 10.6. The quantitative estimate of drug-likeness (QED) is 0.478. The molecule has 0 spiro atoms. The topological polar surface area (TPSA) is 99.0 Å². The van der Waals surface area contributed by atoms with Gasteiger partial charge in [-0.15, -0.1) is 16.4 Å². The Morgan fingerprint density at radius 1 is 1.26 bits per heavy atom. The fourth-order valence-corrected chi connectivity index (χ4v) is 3.67. The van der Waals surface area contributed by atoms with Gasteiger partial charge in [0.2, 0.25) is 11.1 Å². The molecule has 0 saturated heterocycles. The van der Waals surface area contributed by atoms with E-state index in [1.165, 1.54) is 23.1 Å². The van der Waals surface area contributed by atoms with E-state index in [1.807, 2.05) is 31.2 Å². The van der Waals surface area contributed by atoms with Crippen molar-refractivity contribution in [2.24, 2.45) is 0 Å². The smallest absolute Gasteiger partial charge is 0.341 e. The first-order valence-electron chi connectivity index (χ1n) is 8.11. The Balaban J connectivity index is 1.63. The number of aryl methyl sites for hydroxylation is 1. The van der Waals surface area contributed by atoms with Crippen LogP contribution in [0.5, 0.6) is 0 Å². The predicted octanol–water partition coefficient (Wildman–Crippen LogP) is 2.94. The Morgan fingerprint density at radius 3 is 2.78 bits per heavy atom. The van der Waals surface area contributed by atoms with E-state index in [1.54, 1.807) is 23.1 Å². The summed E-state index contributed by atoms with van der Waals surface area (Å²) in [7, 11) is 0. The van der Waals surface area contributed by atoms with Crippen LogP contribution in [-0.4, -0.2) is 44.4 Å². The number of carbonyl (C=O) groups excluding carboxylic acids is 2. The molecule has 0 bridgehead atoms. The molecule has 0 aliphatic heterocycles. The number of rotatable bonds is 7. The number of aromatic nitrogens is 4. The summed E-state index contributed by atoms with van der Waals surface area (Å²) in [6.45, 7) is 4.01. The minimum atomic E-state index is -0.454. The number of esters is 1. The molecule has 3 rings (SSSR count). The molecule has 0 atom stereocenters. The van der Waals surface area contributed by atoms with Crippen molar-refractivity contribution in [1.82, 2.24) is 20.2 Å². The van der Waals surface area contributed by atoms with E-state index in [0.29, 0.717) is 15.7 Å². The molecular formula is C17H17N5O3S2. The van der Waals surface area contributed by atoms with Crippen LogP contribution >= 0.6 is 23.1 Å². The summed E-state index contributed by atoms with van der Waals surface area (Å²) in [6.07, 6.45) is 0. The molecule has 8 nitrogen and oxygen atoms in total. The van der Waals surface area contributed by atoms with Crippen LogP contribution in [-0.2, 0) is 9.53 Å². The summed E-state index contributed by atoms with van der Waals surface area (Å²) in [4.78, 5) is 24.2. The molecule has 2 heterocycles. The highest BCUT2D eigenvalue weighted by atomic mass is 32.2. The molecule has 2 aromatic heterocycles. The maximum absolute atomic E-state index is 12.3. The number of amides is 1. The largest absolute Gasteiger partial charge is 0.462 e. The van der Waals surface area contributed by atoms with Crippen LogP contribution < -0.4 is 5.32 Å². The van der Waals surface area contributed by atoms with Gasteiger partial charge in [0.1, 0.15) is 5.00 Å². The first-order valence-corrected chi connectivity index (χ1v) is 9.97. The third kappa shape index (κ3) is 4.72. The number of thiophene rings is 1. The molecule has 140 valence electrons. The lowest BCUT2D eigenvalue weighted by Gasteiger charge is -2.06. The van der Waals surface area contributed by atoms with E-state index in [9.17, 15) is 9.59 Å². The van der Waals surface area contributed by atoms with Gasteiger partial charge in [-0.05, 0) is 47.9 Å². The summed E-state index contributed by atoms with van der Waals surface area (Å²) in [5.41, 5.74) is 2.30. The van der Waals surface area contributed by atoms with Gasteiger partial charge in [0.25, 0.3) is 0 Å². The molecule has 0 radical (unpaired) electrons. The van der Waals surface area contributed by atoms with Crippen LogP contribution in [0.1, 0.15) is 22.8 Å². The predicted molar refractivity (Wildman–Crippen MR) is 104 cm³/mol. The Bertz CT molecular complexity index is 936. The summed E-state index contributed by atoms with van der Waals surface area (Å²) in [5, 5.41) is 17.1. The van der Waals surface area contributed by atoms with Crippen molar-refractivity contribution < 1.29 is 14.3 Å². The number of nitrogens with one attached hydrogen (secondary N) is 1. The van der Waals surface area contributed by atoms with Gasteiger partial charge in [0.05, 0.1) is 23.6 Å². The number of hydrogen-bond donors (Lipinski definition) is 1. The second kappa shape index (κ2) is 8.78. The van der Waals surface area contributed by atoms with Gasteiger partial charge < -0.3 is 10.1 Å². The first kappa shape index (κ1) is 19.1. The summed E-state index contributed by atoms with van der Waals surface area (Å²) in [6, 6.07) is 9.38. The zero-order valence-electron chi connectivity index (χ0n) is 14.7. The maximum atomic E-state index is 12.3. The van der Waals surface area contributed by atoms with Crippen molar-refractivity contribution in [2.75, 3.05) is 17.7 Å². The van der Waals surface area contributed by atoms with Gasteiger partial charge in [-0.3, -0.25) is 4.79 Å². The van der Waals surface area contributed by atoms with Crippen molar-refractivity contribution in [1.29, 1.82) is 0 Å². The zero-order valence-corrected chi connectivity index (χ0v) is 16.3. The van der Waals surface area contributed by atoms with E-state index in [-0.39, 0.29) is 18.3 Å². The van der Waals surface area contributed by atoms with Crippen molar-refractivity contribution in [3.8, 4) is 5.69 Å². The van der Waals surface area contributed by atoms with Crippen LogP contribution in [0.3, 0.4) is 0 Å². The van der Waals surface area contributed by atoms with Gasteiger partial charge >= 0.3 is 5.97 Å². The third-order valence-corrected chi connectivity index (χ3v) is 5.21. The van der Waals surface area contributed by atoms with Crippen molar-refractivity contribution in [2.45, 2.75) is 19.0 Å². The lowest BCUT2D eigenvalue weighted by molar-refractivity contribution is -0.113. The third-order valence-electron chi connectivity index (χ3n) is 3.47. The first-order chi connectivity index (χ1) is 13.1. The number of anilines is 1. The highest BCUT2D eigenvalue weighted by Crippen LogP contribution is 2.25. The molecule has 0 aliphatic carbocycles. The Labute approximate surface area is 163 Å². The van der Waals surface area contributed by atoms with E-state index >= 15 is 0 Å². The summed E-state index contributed by atoms with van der Waals surface area (Å²) < 4.78 is 6.56. The number of carbonyl (C=O) groups is 2. The second-order valence-electron chi connectivity index (χ2n) is 5.43. The summed E-state index contributed by atoms with van der Waals surface area (Å²) in [5.74, 6) is -0.608. The Kier molecular flexibility index (Phi) is 6.20.